The molecule has 3 nitrogen and oxygen atoms in total. The predicted octanol–water partition coefficient (Wildman–Crippen LogP) is 1.25. The Morgan fingerprint density at radius 1 is 1.50 bits per heavy atom. The summed E-state index contributed by atoms with van der Waals surface area (Å²) >= 11 is 0. The molecule has 82 valence electrons. The molecule has 2 N–H and O–H groups in total. The van der Waals surface area contributed by atoms with Crippen molar-refractivity contribution in [2.75, 3.05) is 12.0 Å². The monoisotopic (exact) mass is 217 g/mol. The second-order valence-corrected chi connectivity index (χ2v) is 6.37. The van der Waals surface area contributed by atoms with Crippen LogP contribution >= 0.6 is 0 Å². The highest BCUT2D eigenvalue weighted by atomic mass is 32.2. The Labute approximate surface area is 86.3 Å². The summed E-state index contributed by atoms with van der Waals surface area (Å²) in [5, 5.41) is 0. The second-order valence-electron chi connectivity index (χ2n) is 4.11. The normalized spacial score (nSPS) is 24.1. The number of allylic oxidation sites excluding steroid dienone is 1. The summed E-state index contributed by atoms with van der Waals surface area (Å²) in [7, 11) is -2.83. The minimum atomic E-state index is -2.83. The molecule has 1 aliphatic rings. The summed E-state index contributed by atoms with van der Waals surface area (Å²) in [5.41, 5.74) is 7.06. The Kier molecular flexibility index (Phi) is 4.13. The van der Waals surface area contributed by atoms with Crippen molar-refractivity contribution < 1.29 is 8.42 Å². The van der Waals surface area contributed by atoms with Crippen molar-refractivity contribution in [3.63, 3.8) is 0 Å². The quantitative estimate of drug-likeness (QED) is 0.724. The minimum Gasteiger partial charge on any atom is -0.324 e. The van der Waals surface area contributed by atoms with Gasteiger partial charge < -0.3 is 5.73 Å². The van der Waals surface area contributed by atoms with E-state index in [-0.39, 0.29) is 11.8 Å². The first-order chi connectivity index (χ1) is 6.47. The highest BCUT2D eigenvalue weighted by molar-refractivity contribution is 7.90. The summed E-state index contributed by atoms with van der Waals surface area (Å²) in [6.45, 7) is 0. The smallest absolute Gasteiger partial charge is 0.147 e. The van der Waals surface area contributed by atoms with Gasteiger partial charge in [-0.1, -0.05) is 18.1 Å². The van der Waals surface area contributed by atoms with Crippen molar-refractivity contribution in [3.8, 4) is 0 Å². The Balaban J connectivity index is 2.50. The molecule has 4 heteroatoms. The van der Waals surface area contributed by atoms with E-state index in [2.05, 4.69) is 6.08 Å². The molecule has 0 amide bonds. The number of hydrogen-bond donors (Lipinski definition) is 1. The Hall–Kier alpha value is -0.350. The molecule has 0 bridgehead atoms. The van der Waals surface area contributed by atoms with Crippen molar-refractivity contribution in [1.82, 2.24) is 0 Å². The zero-order valence-corrected chi connectivity index (χ0v) is 9.52. The van der Waals surface area contributed by atoms with Crippen LogP contribution in [0.15, 0.2) is 11.6 Å². The minimum absolute atomic E-state index is 0.132. The molecule has 0 aromatic rings. The van der Waals surface area contributed by atoms with E-state index >= 15 is 0 Å². The predicted molar refractivity (Wildman–Crippen MR) is 58.9 cm³/mol. The molecule has 0 heterocycles. The molecule has 0 aromatic carbocycles. The summed E-state index contributed by atoms with van der Waals surface area (Å²) in [6, 6.07) is 0.132. The van der Waals surface area contributed by atoms with Crippen molar-refractivity contribution in [3.05, 3.63) is 11.6 Å². The second kappa shape index (κ2) is 4.94. The van der Waals surface area contributed by atoms with Crippen LogP contribution in [0.3, 0.4) is 0 Å². The SMILES string of the molecule is CS(=O)(=O)CCC1=CC(N)CCCC1. The van der Waals surface area contributed by atoms with Crippen molar-refractivity contribution in [2.45, 2.75) is 38.1 Å². The number of nitrogens with two attached hydrogens (primary N) is 1. The van der Waals surface area contributed by atoms with Gasteiger partial charge in [-0.25, -0.2) is 8.42 Å². The van der Waals surface area contributed by atoms with E-state index in [0.717, 1.165) is 25.7 Å². The number of sulfone groups is 1. The molecule has 0 aromatic heterocycles. The largest absolute Gasteiger partial charge is 0.324 e. The fourth-order valence-corrected chi connectivity index (χ4v) is 2.36. The van der Waals surface area contributed by atoms with Gasteiger partial charge in [0.05, 0.1) is 5.75 Å². The van der Waals surface area contributed by atoms with Gasteiger partial charge in [-0.3, -0.25) is 0 Å². The van der Waals surface area contributed by atoms with Gasteiger partial charge in [0.15, 0.2) is 0 Å². The lowest BCUT2D eigenvalue weighted by atomic mass is 10.1. The standard InChI is InChI=1S/C10H19NO2S/c1-14(12,13)7-6-9-4-2-3-5-10(11)8-9/h8,10H,2-7,11H2,1H3. The molecule has 14 heavy (non-hydrogen) atoms. The maximum absolute atomic E-state index is 11.0. The molecule has 0 saturated heterocycles. The van der Waals surface area contributed by atoms with Gasteiger partial charge in [0.2, 0.25) is 0 Å². The average molecular weight is 217 g/mol. The maximum atomic E-state index is 11.0. The molecule has 0 radical (unpaired) electrons. The topological polar surface area (TPSA) is 60.2 Å². The van der Waals surface area contributed by atoms with Crippen molar-refractivity contribution in [1.29, 1.82) is 0 Å². The molecular formula is C10H19NO2S. The van der Waals surface area contributed by atoms with Crippen molar-refractivity contribution in [2.24, 2.45) is 5.73 Å². The molecule has 0 spiro atoms. The zero-order valence-electron chi connectivity index (χ0n) is 8.70. The van der Waals surface area contributed by atoms with E-state index in [9.17, 15) is 8.42 Å². The van der Waals surface area contributed by atoms with Crippen LogP contribution < -0.4 is 5.73 Å². The van der Waals surface area contributed by atoms with Gasteiger partial charge in [0.1, 0.15) is 9.84 Å². The summed E-state index contributed by atoms with van der Waals surface area (Å²) in [5.74, 6) is 0.256. The molecule has 1 atom stereocenters. The first kappa shape index (κ1) is 11.7. The highest BCUT2D eigenvalue weighted by Gasteiger charge is 2.10. The number of hydrogen-bond acceptors (Lipinski definition) is 3. The van der Waals surface area contributed by atoms with E-state index in [1.54, 1.807) is 0 Å². The molecule has 0 saturated carbocycles. The Morgan fingerprint density at radius 2 is 2.21 bits per heavy atom. The van der Waals surface area contributed by atoms with Gasteiger partial charge in [-0.05, 0) is 25.7 Å². The van der Waals surface area contributed by atoms with E-state index in [4.69, 9.17) is 5.73 Å². The lowest BCUT2D eigenvalue weighted by Crippen LogP contribution is -2.16. The average Bonchev–Trinajstić information content (AvgIpc) is 2.25. The zero-order chi connectivity index (χ0) is 10.6. The third-order valence-corrected chi connectivity index (χ3v) is 3.47. The van der Waals surface area contributed by atoms with Gasteiger partial charge in [-0.15, -0.1) is 0 Å². The molecule has 0 aliphatic heterocycles. The van der Waals surface area contributed by atoms with Crippen molar-refractivity contribution >= 4 is 9.84 Å². The lowest BCUT2D eigenvalue weighted by molar-refractivity contribution is 0.600. The summed E-state index contributed by atoms with van der Waals surface area (Å²) in [6.07, 6.45) is 8.34. The van der Waals surface area contributed by atoms with Crippen LogP contribution in [0.1, 0.15) is 32.1 Å². The fourth-order valence-electron chi connectivity index (χ4n) is 1.73. The van der Waals surface area contributed by atoms with Crippen LogP contribution in [0.25, 0.3) is 0 Å². The molecular weight excluding hydrogens is 198 g/mol. The van der Waals surface area contributed by atoms with Gasteiger partial charge in [0, 0.05) is 12.3 Å². The van der Waals surface area contributed by atoms with E-state index < -0.39 is 9.84 Å². The van der Waals surface area contributed by atoms with E-state index in [0.29, 0.717) is 6.42 Å². The molecule has 1 aliphatic carbocycles. The van der Waals surface area contributed by atoms with Gasteiger partial charge >= 0.3 is 0 Å². The van der Waals surface area contributed by atoms with Gasteiger partial charge in [0.25, 0.3) is 0 Å². The van der Waals surface area contributed by atoms with Crippen LogP contribution in [0.4, 0.5) is 0 Å². The Bertz CT molecular complexity index is 306. The van der Waals surface area contributed by atoms with Crippen LogP contribution in [-0.2, 0) is 9.84 Å². The lowest BCUT2D eigenvalue weighted by Gasteiger charge is -2.05. The first-order valence-corrected chi connectivity index (χ1v) is 7.16. The van der Waals surface area contributed by atoms with Gasteiger partial charge in [-0.2, -0.15) is 0 Å². The maximum Gasteiger partial charge on any atom is 0.147 e. The fraction of sp³-hybridized carbons (Fsp3) is 0.800. The van der Waals surface area contributed by atoms with Crippen LogP contribution in [0, 0.1) is 0 Å². The van der Waals surface area contributed by atoms with Crippen LogP contribution in [-0.4, -0.2) is 26.5 Å². The molecule has 1 unspecified atom stereocenters. The van der Waals surface area contributed by atoms with E-state index in [1.807, 2.05) is 0 Å². The third kappa shape index (κ3) is 4.77. The highest BCUT2D eigenvalue weighted by Crippen LogP contribution is 2.19. The molecule has 0 fully saturated rings. The number of rotatable bonds is 3. The van der Waals surface area contributed by atoms with E-state index in [1.165, 1.54) is 11.8 Å². The van der Waals surface area contributed by atoms with Crippen LogP contribution in [0.2, 0.25) is 0 Å². The summed E-state index contributed by atoms with van der Waals surface area (Å²) < 4.78 is 22.0. The third-order valence-electron chi connectivity index (χ3n) is 2.53. The first-order valence-electron chi connectivity index (χ1n) is 5.10. The molecule has 1 rings (SSSR count). The Morgan fingerprint density at radius 3 is 2.86 bits per heavy atom. The summed E-state index contributed by atoms with van der Waals surface area (Å²) in [4.78, 5) is 0. The van der Waals surface area contributed by atoms with Crippen LogP contribution in [0.5, 0.6) is 0 Å².